The lowest BCUT2D eigenvalue weighted by Crippen LogP contribution is -2.24. The van der Waals surface area contributed by atoms with Gasteiger partial charge in [0.2, 0.25) is 0 Å². The molecule has 0 spiro atoms. The number of hydrogen-bond acceptors (Lipinski definition) is 5. The van der Waals surface area contributed by atoms with Crippen LogP contribution in [0.15, 0.2) is 58.4 Å². The lowest BCUT2D eigenvalue weighted by molar-refractivity contribution is 0.0744. The van der Waals surface area contributed by atoms with E-state index in [1.165, 1.54) is 45.2 Å². The number of aromatic nitrogens is 2. The summed E-state index contributed by atoms with van der Waals surface area (Å²) in [5, 5.41) is 10.2. The van der Waals surface area contributed by atoms with Crippen molar-refractivity contribution in [2.24, 2.45) is 0 Å². The minimum Gasteiger partial charge on any atom is -0.386 e. The lowest BCUT2D eigenvalue weighted by Gasteiger charge is -2.20. The summed E-state index contributed by atoms with van der Waals surface area (Å²) in [6.07, 6.45) is 2.76. The first-order chi connectivity index (χ1) is 19.5. The van der Waals surface area contributed by atoms with Crippen LogP contribution < -0.4 is 5.56 Å². The van der Waals surface area contributed by atoms with E-state index in [2.05, 4.69) is 4.98 Å². The van der Waals surface area contributed by atoms with E-state index < -0.39 is 49.0 Å². The average Bonchev–Trinajstić information content (AvgIpc) is 3.68. The van der Waals surface area contributed by atoms with E-state index in [1.807, 2.05) is 0 Å². The van der Waals surface area contributed by atoms with E-state index in [0.717, 1.165) is 22.5 Å². The van der Waals surface area contributed by atoms with Crippen LogP contribution in [-0.4, -0.2) is 29.3 Å². The molecule has 1 aliphatic carbocycles. The van der Waals surface area contributed by atoms with Gasteiger partial charge in [0.15, 0.2) is 21.5 Å². The second-order valence-electron chi connectivity index (χ2n) is 11.3. The Morgan fingerprint density at radius 3 is 2.38 bits per heavy atom. The molecule has 2 atom stereocenters. The SMILES string of the molecule is Cc1cnc(-c2cccc(S(C)(=O)=O)c2F)c(F)c1-n1c(C)cc([C@H]2C[C@@H]2c2ccc(F)c(C(C)(C)O)c2)c(Cl)c1=O. The molecule has 4 aromatic rings. The highest BCUT2D eigenvalue weighted by Crippen LogP contribution is 2.56. The van der Waals surface area contributed by atoms with Crippen molar-refractivity contribution in [2.75, 3.05) is 6.26 Å². The number of aryl methyl sites for hydroxylation is 2. The molecule has 1 aliphatic rings. The number of pyridine rings is 2. The Balaban J connectivity index is 1.58. The van der Waals surface area contributed by atoms with Crippen molar-refractivity contribution in [3.05, 3.63) is 109 Å². The Morgan fingerprint density at radius 1 is 1.05 bits per heavy atom. The molecule has 2 aromatic carbocycles. The highest BCUT2D eigenvalue weighted by atomic mass is 35.5. The molecule has 1 N–H and O–H groups in total. The predicted molar refractivity (Wildman–Crippen MR) is 155 cm³/mol. The van der Waals surface area contributed by atoms with Gasteiger partial charge in [-0.1, -0.05) is 23.7 Å². The van der Waals surface area contributed by atoms with Crippen LogP contribution >= 0.6 is 11.6 Å². The van der Waals surface area contributed by atoms with Gasteiger partial charge in [-0.05, 0) is 93.0 Å². The van der Waals surface area contributed by atoms with Gasteiger partial charge >= 0.3 is 0 Å². The van der Waals surface area contributed by atoms with E-state index in [9.17, 15) is 22.7 Å². The van der Waals surface area contributed by atoms with Crippen LogP contribution in [0.25, 0.3) is 16.9 Å². The minimum atomic E-state index is -3.94. The van der Waals surface area contributed by atoms with E-state index >= 15 is 8.78 Å². The maximum absolute atomic E-state index is 16.1. The Kier molecular flexibility index (Phi) is 7.40. The molecule has 0 amide bonds. The van der Waals surface area contributed by atoms with Crippen molar-refractivity contribution < 1.29 is 26.7 Å². The normalized spacial score (nSPS) is 17.0. The summed E-state index contributed by atoms with van der Waals surface area (Å²) in [7, 11) is -3.94. The van der Waals surface area contributed by atoms with Crippen molar-refractivity contribution in [1.82, 2.24) is 9.55 Å². The van der Waals surface area contributed by atoms with Crippen LogP contribution in [0.4, 0.5) is 13.2 Å². The van der Waals surface area contributed by atoms with Gasteiger partial charge in [0.25, 0.3) is 5.56 Å². The predicted octanol–water partition coefficient (Wildman–Crippen LogP) is 6.49. The highest BCUT2D eigenvalue weighted by Gasteiger charge is 2.42. The molecule has 0 unspecified atom stereocenters. The summed E-state index contributed by atoms with van der Waals surface area (Å²) in [6, 6.07) is 9.85. The lowest BCUT2D eigenvalue weighted by atomic mass is 9.94. The topological polar surface area (TPSA) is 89.3 Å². The van der Waals surface area contributed by atoms with Crippen LogP contribution in [0.2, 0.25) is 5.02 Å². The third kappa shape index (κ3) is 5.16. The van der Waals surface area contributed by atoms with E-state index in [0.29, 0.717) is 17.7 Å². The van der Waals surface area contributed by atoms with Gasteiger partial charge in [-0.15, -0.1) is 0 Å². The Hall–Kier alpha value is -3.47. The molecule has 5 rings (SSSR count). The maximum atomic E-state index is 16.1. The van der Waals surface area contributed by atoms with Crippen LogP contribution in [-0.2, 0) is 15.4 Å². The minimum absolute atomic E-state index is 0.0602. The van der Waals surface area contributed by atoms with Crippen molar-refractivity contribution in [3.63, 3.8) is 0 Å². The third-order valence-electron chi connectivity index (χ3n) is 7.65. The molecule has 220 valence electrons. The molecule has 2 heterocycles. The molecule has 11 heteroatoms. The summed E-state index contributed by atoms with van der Waals surface area (Å²) in [4.78, 5) is 17.1. The van der Waals surface area contributed by atoms with Crippen LogP contribution in [0, 0.1) is 31.3 Å². The summed E-state index contributed by atoms with van der Waals surface area (Å²) >= 11 is 6.60. The second-order valence-corrected chi connectivity index (χ2v) is 13.6. The molecule has 0 bridgehead atoms. The van der Waals surface area contributed by atoms with Crippen LogP contribution in [0.1, 0.15) is 60.1 Å². The van der Waals surface area contributed by atoms with Gasteiger partial charge in [-0.2, -0.15) is 0 Å². The summed E-state index contributed by atoms with van der Waals surface area (Å²) in [5.74, 6) is -2.88. The largest absolute Gasteiger partial charge is 0.386 e. The zero-order valence-corrected chi connectivity index (χ0v) is 25.0. The summed E-state index contributed by atoms with van der Waals surface area (Å²) < 4.78 is 70.8. The number of nitrogens with zero attached hydrogens (tertiary/aromatic N) is 2. The molecule has 1 saturated carbocycles. The van der Waals surface area contributed by atoms with Crippen LogP contribution in [0.5, 0.6) is 0 Å². The fourth-order valence-corrected chi connectivity index (χ4v) is 6.48. The standard InChI is InChI=1S/C31H28ClF3N2O4S/c1-15-14-36-28(18-7-6-8-24(26(18)34)42(5,40)41)27(35)29(15)37-16(2)11-21(25(32)30(37)38)20-13-19(20)17-9-10-23(33)22(12-17)31(3,4)39/h6-12,14,19-20,39H,13H2,1-5H3/t19-,20+/m1/s1. The number of rotatable bonds is 6. The number of halogens is 4. The highest BCUT2D eigenvalue weighted by molar-refractivity contribution is 7.90. The van der Waals surface area contributed by atoms with Gasteiger partial charge in [0, 0.05) is 29.3 Å². The maximum Gasteiger partial charge on any atom is 0.274 e. The van der Waals surface area contributed by atoms with E-state index in [-0.39, 0.29) is 39.2 Å². The Morgan fingerprint density at radius 2 is 1.74 bits per heavy atom. The van der Waals surface area contributed by atoms with Gasteiger partial charge in [-0.3, -0.25) is 14.3 Å². The number of benzene rings is 2. The molecule has 6 nitrogen and oxygen atoms in total. The Bertz CT molecular complexity index is 1930. The van der Waals surface area contributed by atoms with E-state index in [4.69, 9.17) is 11.6 Å². The fourth-order valence-electron chi connectivity index (χ4n) is 5.44. The molecule has 42 heavy (non-hydrogen) atoms. The molecule has 0 aliphatic heterocycles. The van der Waals surface area contributed by atoms with Gasteiger partial charge in [-0.25, -0.2) is 21.6 Å². The summed E-state index contributed by atoms with van der Waals surface area (Å²) in [5.41, 5.74) is -0.878. The van der Waals surface area contributed by atoms with Crippen molar-refractivity contribution >= 4 is 21.4 Å². The molecule has 0 saturated heterocycles. The van der Waals surface area contributed by atoms with Gasteiger partial charge in [0.05, 0.1) is 11.3 Å². The van der Waals surface area contributed by atoms with Crippen molar-refractivity contribution in [3.8, 4) is 16.9 Å². The first-order valence-electron chi connectivity index (χ1n) is 13.1. The molecular formula is C31H28ClF3N2O4S. The molecular weight excluding hydrogens is 589 g/mol. The van der Waals surface area contributed by atoms with Gasteiger partial charge < -0.3 is 5.11 Å². The average molecular weight is 617 g/mol. The van der Waals surface area contributed by atoms with E-state index in [1.54, 1.807) is 25.1 Å². The molecule has 2 aromatic heterocycles. The van der Waals surface area contributed by atoms with Crippen molar-refractivity contribution in [2.45, 2.75) is 56.4 Å². The smallest absolute Gasteiger partial charge is 0.274 e. The Labute approximate surface area is 246 Å². The molecule has 0 radical (unpaired) electrons. The molecule has 1 fully saturated rings. The zero-order valence-electron chi connectivity index (χ0n) is 23.5. The zero-order chi connectivity index (χ0) is 30.9. The number of sulfone groups is 1. The summed E-state index contributed by atoms with van der Waals surface area (Å²) in [6.45, 7) is 6.16. The van der Waals surface area contributed by atoms with Crippen LogP contribution in [0.3, 0.4) is 0 Å². The fraction of sp³-hybridized carbons (Fsp3) is 0.290. The number of hydrogen-bond donors (Lipinski definition) is 1. The first kappa shape index (κ1) is 30.0. The second kappa shape index (κ2) is 10.4. The first-order valence-corrected chi connectivity index (χ1v) is 15.4. The third-order valence-corrected chi connectivity index (χ3v) is 9.14. The quantitative estimate of drug-likeness (QED) is 0.268. The van der Waals surface area contributed by atoms with Crippen molar-refractivity contribution in [1.29, 1.82) is 0 Å². The monoisotopic (exact) mass is 616 g/mol. The number of aliphatic hydroxyl groups is 1. The van der Waals surface area contributed by atoms with Gasteiger partial charge in [0.1, 0.15) is 21.4 Å².